The Kier molecular flexibility index (Phi) is 14.7. The summed E-state index contributed by atoms with van der Waals surface area (Å²) in [5.74, 6) is -1.58. The molecule has 2 aromatic rings. The van der Waals surface area contributed by atoms with Crippen LogP contribution in [0.1, 0.15) is 24.0 Å². The number of aliphatic carboxylic acids is 1. The van der Waals surface area contributed by atoms with Crippen LogP contribution in [0.25, 0.3) is 0 Å². The summed E-state index contributed by atoms with van der Waals surface area (Å²) in [5.41, 5.74) is 7.35. The number of nitrogens with zero attached hydrogens (tertiary/aromatic N) is 2. The Hall–Kier alpha value is -4.13. The Morgan fingerprint density at radius 3 is 1.63 bits per heavy atom. The molecular weight excluding hydrogens is 561 g/mol. The van der Waals surface area contributed by atoms with Crippen LogP contribution >= 0.6 is 7.75 Å². The summed E-state index contributed by atoms with van der Waals surface area (Å²) in [7, 11) is -2.89. The summed E-state index contributed by atoms with van der Waals surface area (Å²) >= 11 is 0. The molecule has 224 valence electrons. The summed E-state index contributed by atoms with van der Waals surface area (Å²) in [6.07, 6.45) is -1.53. The van der Waals surface area contributed by atoms with Gasteiger partial charge >= 0.3 is 26.0 Å². The van der Waals surface area contributed by atoms with Crippen LogP contribution in [-0.2, 0) is 50.6 Å². The largest absolute Gasteiger partial charge is 0.508 e. The van der Waals surface area contributed by atoms with Crippen molar-refractivity contribution >= 4 is 32.0 Å². The maximum absolute atomic E-state index is 13.2. The van der Waals surface area contributed by atoms with E-state index in [1.165, 1.54) is 7.05 Å². The highest BCUT2D eigenvalue weighted by molar-refractivity contribution is 7.52. The van der Waals surface area contributed by atoms with E-state index in [9.17, 15) is 18.9 Å². The van der Waals surface area contributed by atoms with Crippen LogP contribution in [0.2, 0.25) is 0 Å². The monoisotopic (exact) mass is 595 g/mol. The molecule has 0 amide bonds. The molecule has 0 aliphatic heterocycles. The zero-order chi connectivity index (χ0) is 29.9. The molecular formula is C26H34N3O11P. The zero-order valence-corrected chi connectivity index (χ0v) is 23.5. The summed E-state index contributed by atoms with van der Waals surface area (Å²) in [5, 5.41) is 8.94. The molecule has 2 rings (SSSR count). The predicted octanol–water partition coefficient (Wildman–Crippen LogP) is 3.95. The minimum absolute atomic E-state index is 0.0472. The summed E-state index contributed by atoms with van der Waals surface area (Å²) in [4.78, 5) is 35.5. The number of carbonyl (C=O) groups is 3. The molecule has 0 saturated carbocycles. The topological polar surface area (TPSA) is 186 Å². The molecule has 0 spiro atoms. The van der Waals surface area contributed by atoms with E-state index in [-0.39, 0.29) is 52.5 Å². The van der Waals surface area contributed by atoms with E-state index >= 15 is 0 Å². The quantitative estimate of drug-likeness (QED) is 0.0881. The van der Waals surface area contributed by atoms with Crippen LogP contribution in [0, 0.1) is 0 Å². The SMILES string of the molecule is CN(CC(=O)O)C(N)=NP(=O)(OCCCOC(=O)OCc1ccccc1)OCCCOC(=O)OCc1ccccc1. The van der Waals surface area contributed by atoms with Gasteiger partial charge in [0.05, 0.1) is 26.4 Å². The van der Waals surface area contributed by atoms with Gasteiger partial charge in [0.1, 0.15) is 19.8 Å². The predicted molar refractivity (Wildman–Crippen MR) is 146 cm³/mol. The van der Waals surface area contributed by atoms with Gasteiger partial charge in [-0.1, -0.05) is 60.7 Å². The van der Waals surface area contributed by atoms with Gasteiger partial charge in [-0.25, -0.2) is 14.2 Å². The average Bonchev–Trinajstić information content (AvgIpc) is 2.95. The zero-order valence-electron chi connectivity index (χ0n) is 22.6. The number of hydrogen-bond donors (Lipinski definition) is 2. The summed E-state index contributed by atoms with van der Waals surface area (Å²) < 4.78 is 47.5. The second kappa shape index (κ2) is 18.3. The van der Waals surface area contributed by atoms with E-state index < -0.39 is 38.5 Å². The fraction of sp³-hybridized carbons (Fsp3) is 0.385. The molecule has 0 bridgehead atoms. The maximum atomic E-state index is 13.2. The van der Waals surface area contributed by atoms with E-state index in [4.69, 9.17) is 38.8 Å². The van der Waals surface area contributed by atoms with Gasteiger partial charge in [0.2, 0.25) is 5.96 Å². The first-order valence-electron chi connectivity index (χ1n) is 12.5. The average molecular weight is 596 g/mol. The molecule has 14 nitrogen and oxygen atoms in total. The lowest BCUT2D eigenvalue weighted by Gasteiger charge is -2.19. The molecule has 3 N–H and O–H groups in total. The number of benzene rings is 2. The lowest BCUT2D eigenvalue weighted by Crippen LogP contribution is -2.37. The number of guanidine groups is 1. The number of likely N-dealkylation sites (N-methyl/N-ethyl adjacent to an activating group) is 1. The van der Waals surface area contributed by atoms with Gasteiger partial charge < -0.3 is 34.7 Å². The fourth-order valence-electron chi connectivity index (χ4n) is 2.89. The molecule has 15 heteroatoms. The lowest BCUT2D eigenvalue weighted by atomic mass is 10.2. The van der Waals surface area contributed by atoms with Crippen LogP contribution < -0.4 is 5.73 Å². The molecule has 0 fully saturated rings. The van der Waals surface area contributed by atoms with Crippen molar-refractivity contribution < 1.29 is 52.1 Å². The number of rotatable bonds is 17. The van der Waals surface area contributed by atoms with Crippen molar-refractivity contribution in [2.75, 3.05) is 40.0 Å². The van der Waals surface area contributed by atoms with Crippen molar-refractivity contribution in [3.63, 3.8) is 0 Å². The summed E-state index contributed by atoms with van der Waals surface area (Å²) in [6.45, 7) is -1.03. The number of carboxylic acid groups (broad SMARTS) is 1. The van der Waals surface area contributed by atoms with Crippen LogP contribution in [-0.4, -0.2) is 74.3 Å². The van der Waals surface area contributed by atoms with E-state index in [1.54, 1.807) is 24.3 Å². The van der Waals surface area contributed by atoms with Crippen LogP contribution in [0.15, 0.2) is 65.4 Å². The van der Waals surface area contributed by atoms with Crippen molar-refractivity contribution in [3.05, 3.63) is 71.8 Å². The number of carbonyl (C=O) groups excluding carboxylic acids is 2. The first-order valence-corrected chi connectivity index (χ1v) is 14.0. The number of carboxylic acids is 1. The van der Waals surface area contributed by atoms with Crippen molar-refractivity contribution in [1.29, 1.82) is 0 Å². The Balaban J connectivity index is 1.77. The van der Waals surface area contributed by atoms with Crippen LogP contribution in [0.4, 0.5) is 9.59 Å². The Morgan fingerprint density at radius 2 is 1.22 bits per heavy atom. The van der Waals surface area contributed by atoms with Crippen LogP contribution in [0.5, 0.6) is 0 Å². The van der Waals surface area contributed by atoms with Crippen molar-refractivity contribution in [1.82, 2.24) is 4.90 Å². The van der Waals surface area contributed by atoms with Crippen molar-refractivity contribution in [2.24, 2.45) is 10.5 Å². The Labute approximate surface area is 237 Å². The highest BCUT2D eigenvalue weighted by Gasteiger charge is 2.26. The van der Waals surface area contributed by atoms with Gasteiger partial charge in [-0.15, -0.1) is 4.76 Å². The minimum atomic E-state index is -4.22. The Bertz CT molecular complexity index is 1100. The smallest absolute Gasteiger partial charge is 0.480 e. The number of nitrogens with two attached hydrogens (primary N) is 1. The van der Waals surface area contributed by atoms with Gasteiger partial charge in [0.15, 0.2) is 0 Å². The van der Waals surface area contributed by atoms with Gasteiger partial charge in [-0.05, 0) is 11.1 Å². The van der Waals surface area contributed by atoms with Gasteiger partial charge in [-0.3, -0.25) is 13.8 Å². The molecule has 2 aromatic carbocycles. The first-order chi connectivity index (χ1) is 19.7. The second-order valence-corrected chi connectivity index (χ2v) is 9.95. The third-order valence-electron chi connectivity index (χ3n) is 4.91. The molecule has 0 radical (unpaired) electrons. The third-order valence-corrected chi connectivity index (χ3v) is 6.38. The molecule has 0 atom stereocenters. The van der Waals surface area contributed by atoms with E-state index in [1.807, 2.05) is 36.4 Å². The molecule has 0 unspecified atom stereocenters. The van der Waals surface area contributed by atoms with E-state index in [2.05, 4.69) is 4.76 Å². The lowest BCUT2D eigenvalue weighted by molar-refractivity contribution is -0.137. The Morgan fingerprint density at radius 1 is 0.780 bits per heavy atom. The van der Waals surface area contributed by atoms with E-state index in [0.29, 0.717) is 0 Å². The van der Waals surface area contributed by atoms with Crippen molar-refractivity contribution in [2.45, 2.75) is 26.1 Å². The standard InChI is InChI=1S/C26H34N3O11P/c1-29(18-23(30)31)24(27)28-41(34,39-16-8-14-35-25(32)37-19-21-10-4-2-5-11-21)40-17-9-15-36-26(33)38-20-22-12-6-3-7-13-22/h2-7,10-13H,8-9,14-20H2,1H3,(H,30,31)(H2,27,28,34). The van der Waals surface area contributed by atoms with Gasteiger partial charge in [0, 0.05) is 19.9 Å². The molecule has 41 heavy (non-hydrogen) atoms. The normalized spacial score (nSPS) is 11.4. The molecule has 0 aromatic heterocycles. The van der Waals surface area contributed by atoms with Crippen LogP contribution in [0.3, 0.4) is 0 Å². The first kappa shape index (κ1) is 33.1. The molecule has 0 aliphatic rings. The highest BCUT2D eigenvalue weighted by Crippen LogP contribution is 2.50. The highest BCUT2D eigenvalue weighted by atomic mass is 31.2. The molecule has 0 aliphatic carbocycles. The van der Waals surface area contributed by atoms with E-state index in [0.717, 1.165) is 16.0 Å². The molecule has 0 saturated heterocycles. The third kappa shape index (κ3) is 14.7. The van der Waals surface area contributed by atoms with Crippen molar-refractivity contribution in [3.8, 4) is 0 Å². The second-order valence-electron chi connectivity index (χ2n) is 8.30. The van der Waals surface area contributed by atoms with Gasteiger partial charge in [0.25, 0.3) is 0 Å². The number of hydrogen-bond acceptors (Lipinski definition) is 10. The number of ether oxygens (including phenoxy) is 4. The summed E-state index contributed by atoms with van der Waals surface area (Å²) in [6, 6.07) is 18.1. The maximum Gasteiger partial charge on any atom is 0.508 e. The minimum Gasteiger partial charge on any atom is -0.480 e. The fourth-order valence-corrected chi connectivity index (χ4v) is 4.20. The molecule has 0 heterocycles. The van der Waals surface area contributed by atoms with Gasteiger partial charge in [-0.2, -0.15) is 0 Å².